The highest BCUT2D eigenvalue weighted by Gasteiger charge is 2.12. The fraction of sp³-hybridized carbons (Fsp3) is 0.294. The first-order valence-corrected chi connectivity index (χ1v) is 7.41. The van der Waals surface area contributed by atoms with Gasteiger partial charge in [-0.1, -0.05) is 18.2 Å². The van der Waals surface area contributed by atoms with E-state index in [0.717, 1.165) is 43.4 Å². The number of aryl methyl sites for hydroxylation is 1. The predicted molar refractivity (Wildman–Crippen MR) is 100 cm³/mol. The molecule has 2 heterocycles. The number of hydrogen-bond donors (Lipinski definition) is 1. The van der Waals surface area contributed by atoms with E-state index in [1.165, 1.54) is 17.7 Å². The average molecular weight is 371 g/mol. The van der Waals surface area contributed by atoms with E-state index in [1.54, 1.807) is 6.20 Å². The van der Waals surface area contributed by atoms with Gasteiger partial charge < -0.3 is 5.32 Å². The van der Waals surface area contributed by atoms with Crippen molar-refractivity contribution in [1.82, 2.24) is 14.9 Å². The molecule has 0 spiro atoms. The van der Waals surface area contributed by atoms with Crippen LogP contribution in [0.5, 0.6) is 0 Å². The van der Waals surface area contributed by atoms with Gasteiger partial charge in [-0.2, -0.15) is 0 Å². The van der Waals surface area contributed by atoms with Crippen molar-refractivity contribution < 1.29 is 4.39 Å². The van der Waals surface area contributed by atoms with Crippen molar-refractivity contribution in [2.24, 2.45) is 0 Å². The van der Waals surface area contributed by atoms with Crippen LogP contribution >= 0.6 is 24.8 Å². The first kappa shape index (κ1) is 20.4. The Kier molecular flexibility index (Phi) is 8.11. The Bertz CT molecular complexity index is 677. The highest BCUT2D eigenvalue weighted by atomic mass is 35.5. The van der Waals surface area contributed by atoms with Crippen LogP contribution in [0.4, 0.5) is 10.2 Å². The Morgan fingerprint density at radius 1 is 1.17 bits per heavy atom. The monoisotopic (exact) mass is 370 g/mol. The lowest BCUT2D eigenvalue weighted by Gasteiger charge is -2.26. The molecule has 1 aromatic carbocycles. The zero-order chi connectivity index (χ0) is 15.4. The van der Waals surface area contributed by atoms with Crippen molar-refractivity contribution in [3.05, 3.63) is 59.8 Å². The zero-order valence-electron chi connectivity index (χ0n) is 13.4. The number of hydrogen-bond acceptors (Lipinski definition) is 4. The summed E-state index contributed by atoms with van der Waals surface area (Å²) >= 11 is 0. The zero-order valence-corrected chi connectivity index (χ0v) is 15.0. The van der Waals surface area contributed by atoms with E-state index in [-0.39, 0.29) is 30.6 Å². The number of rotatable bonds is 4. The molecular formula is C17H21Cl2FN4. The molecule has 130 valence electrons. The number of nitrogens with zero attached hydrogens (tertiary/aromatic N) is 3. The number of aromatic nitrogens is 2. The van der Waals surface area contributed by atoms with Crippen LogP contribution in [0, 0.1) is 12.7 Å². The SMILES string of the molecule is Cc1nccc(NCN2CC=C(c3ccc(F)cc3)CC2)n1.Cl.Cl. The van der Waals surface area contributed by atoms with Crippen LogP contribution in [0.2, 0.25) is 0 Å². The fourth-order valence-corrected chi connectivity index (χ4v) is 2.53. The molecule has 0 unspecified atom stereocenters. The van der Waals surface area contributed by atoms with Crippen molar-refractivity contribution >= 4 is 36.2 Å². The van der Waals surface area contributed by atoms with Crippen LogP contribution in [-0.2, 0) is 0 Å². The van der Waals surface area contributed by atoms with Crippen LogP contribution in [0.3, 0.4) is 0 Å². The van der Waals surface area contributed by atoms with Gasteiger partial charge in [-0.15, -0.1) is 24.8 Å². The predicted octanol–water partition coefficient (Wildman–Crippen LogP) is 3.93. The van der Waals surface area contributed by atoms with Gasteiger partial charge in [0, 0.05) is 19.3 Å². The lowest BCUT2D eigenvalue weighted by molar-refractivity contribution is 0.323. The minimum absolute atomic E-state index is 0. The van der Waals surface area contributed by atoms with Gasteiger partial charge in [-0.05, 0) is 42.7 Å². The highest BCUT2D eigenvalue weighted by Crippen LogP contribution is 2.22. The van der Waals surface area contributed by atoms with E-state index >= 15 is 0 Å². The first-order valence-electron chi connectivity index (χ1n) is 7.41. The van der Waals surface area contributed by atoms with Gasteiger partial charge in [0.05, 0.1) is 6.67 Å². The van der Waals surface area contributed by atoms with Gasteiger partial charge in [-0.3, -0.25) is 4.90 Å². The van der Waals surface area contributed by atoms with Crippen LogP contribution in [0.25, 0.3) is 5.57 Å². The minimum Gasteiger partial charge on any atom is -0.357 e. The second kappa shape index (κ2) is 9.57. The smallest absolute Gasteiger partial charge is 0.130 e. The van der Waals surface area contributed by atoms with Crippen molar-refractivity contribution in [1.29, 1.82) is 0 Å². The van der Waals surface area contributed by atoms with Gasteiger partial charge in [0.25, 0.3) is 0 Å². The molecule has 0 radical (unpaired) electrons. The highest BCUT2D eigenvalue weighted by molar-refractivity contribution is 5.85. The second-order valence-electron chi connectivity index (χ2n) is 5.39. The van der Waals surface area contributed by atoms with E-state index in [1.807, 2.05) is 25.1 Å². The van der Waals surface area contributed by atoms with E-state index in [9.17, 15) is 4.39 Å². The van der Waals surface area contributed by atoms with Crippen LogP contribution in [-0.4, -0.2) is 34.6 Å². The van der Waals surface area contributed by atoms with Crippen molar-refractivity contribution in [2.75, 3.05) is 25.1 Å². The summed E-state index contributed by atoms with van der Waals surface area (Å²) in [6, 6.07) is 8.59. The molecule has 0 saturated heterocycles. The summed E-state index contributed by atoms with van der Waals surface area (Å²) in [5.41, 5.74) is 2.40. The van der Waals surface area contributed by atoms with E-state index < -0.39 is 0 Å². The Morgan fingerprint density at radius 2 is 1.92 bits per heavy atom. The lowest BCUT2D eigenvalue weighted by Crippen LogP contribution is -2.33. The van der Waals surface area contributed by atoms with Crippen LogP contribution in [0.1, 0.15) is 17.8 Å². The molecule has 3 rings (SSSR count). The Morgan fingerprint density at radius 3 is 2.54 bits per heavy atom. The number of anilines is 1. The molecule has 24 heavy (non-hydrogen) atoms. The van der Waals surface area contributed by atoms with Gasteiger partial charge in [0.1, 0.15) is 17.5 Å². The van der Waals surface area contributed by atoms with Crippen molar-refractivity contribution in [2.45, 2.75) is 13.3 Å². The summed E-state index contributed by atoms with van der Waals surface area (Å²) in [5, 5.41) is 3.31. The van der Waals surface area contributed by atoms with E-state index in [2.05, 4.69) is 26.3 Å². The molecule has 0 fully saturated rings. The van der Waals surface area contributed by atoms with Gasteiger partial charge in [0.15, 0.2) is 0 Å². The molecule has 0 amide bonds. The largest absolute Gasteiger partial charge is 0.357 e. The molecule has 7 heteroatoms. The number of halogens is 3. The molecule has 1 N–H and O–H groups in total. The van der Waals surface area contributed by atoms with Gasteiger partial charge in [-0.25, -0.2) is 14.4 Å². The second-order valence-corrected chi connectivity index (χ2v) is 5.39. The van der Waals surface area contributed by atoms with E-state index in [4.69, 9.17) is 0 Å². The fourth-order valence-electron chi connectivity index (χ4n) is 2.53. The molecule has 0 aliphatic carbocycles. The molecule has 1 aliphatic rings. The summed E-state index contributed by atoms with van der Waals surface area (Å²) in [4.78, 5) is 10.7. The molecule has 1 aromatic heterocycles. The summed E-state index contributed by atoms with van der Waals surface area (Å²) < 4.78 is 13.0. The number of nitrogens with one attached hydrogen (secondary N) is 1. The molecular weight excluding hydrogens is 350 g/mol. The Labute approximate surface area is 154 Å². The molecule has 0 atom stereocenters. The lowest BCUT2D eigenvalue weighted by atomic mass is 10.00. The van der Waals surface area contributed by atoms with Crippen LogP contribution < -0.4 is 5.32 Å². The Hall–Kier alpha value is -1.69. The summed E-state index contributed by atoms with van der Waals surface area (Å²) in [7, 11) is 0. The molecule has 0 saturated carbocycles. The normalized spacial score (nSPS) is 14.2. The maximum atomic E-state index is 13.0. The van der Waals surface area contributed by atoms with Gasteiger partial charge >= 0.3 is 0 Å². The van der Waals surface area contributed by atoms with Crippen LogP contribution in [0.15, 0.2) is 42.6 Å². The first-order chi connectivity index (χ1) is 10.7. The van der Waals surface area contributed by atoms with Crippen molar-refractivity contribution in [3.63, 3.8) is 0 Å². The topological polar surface area (TPSA) is 41.1 Å². The van der Waals surface area contributed by atoms with E-state index in [0.29, 0.717) is 0 Å². The molecule has 0 bridgehead atoms. The average Bonchev–Trinajstić information content (AvgIpc) is 2.54. The third kappa shape index (κ3) is 5.44. The molecule has 1 aliphatic heterocycles. The van der Waals surface area contributed by atoms with Crippen molar-refractivity contribution in [3.8, 4) is 0 Å². The standard InChI is InChI=1S/C17H19FN4.2ClH/c1-13-19-9-6-17(21-13)20-12-22-10-7-15(8-11-22)14-2-4-16(18)5-3-14;;/h2-7,9H,8,10-12H2,1H3,(H,19,20,21);2*1H. The quantitative estimate of drug-likeness (QED) is 0.884. The number of benzene rings is 1. The maximum absolute atomic E-state index is 13.0. The Balaban J connectivity index is 0.00000144. The summed E-state index contributed by atoms with van der Waals surface area (Å²) in [6.45, 7) is 4.48. The molecule has 2 aromatic rings. The molecule has 4 nitrogen and oxygen atoms in total. The third-order valence-corrected chi connectivity index (χ3v) is 3.77. The minimum atomic E-state index is -0.189. The summed E-state index contributed by atoms with van der Waals surface area (Å²) in [5.74, 6) is 1.43. The van der Waals surface area contributed by atoms with Gasteiger partial charge in [0.2, 0.25) is 0 Å². The third-order valence-electron chi connectivity index (χ3n) is 3.77. The summed E-state index contributed by atoms with van der Waals surface area (Å²) in [6.07, 6.45) is 4.94. The maximum Gasteiger partial charge on any atom is 0.130 e.